The highest BCUT2D eigenvalue weighted by Crippen LogP contribution is 2.39. The summed E-state index contributed by atoms with van der Waals surface area (Å²) in [5.41, 5.74) is 2.03. The second-order valence-corrected chi connectivity index (χ2v) is 10.2. The number of carbonyl (C=O) groups excluding carboxylic acids is 1. The molecule has 0 aliphatic carbocycles. The maximum Gasteiger partial charge on any atom is 0.237 e. The van der Waals surface area contributed by atoms with Gasteiger partial charge in [-0.15, -0.1) is 22.7 Å². The van der Waals surface area contributed by atoms with E-state index in [1.165, 1.54) is 21.4 Å². The second kappa shape index (κ2) is 9.20. The Morgan fingerprint density at radius 2 is 1.74 bits per heavy atom. The smallest absolute Gasteiger partial charge is 0.237 e. The topological polar surface area (TPSA) is 26.8 Å². The van der Waals surface area contributed by atoms with Gasteiger partial charge in [0.1, 0.15) is 5.82 Å². The van der Waals surface area contributed by atoms with Crippen molar-refractivity contribution in [3.05, 3.63) is 79.9 Å². The Labute approximate surface area is 190 Å². The second-order valence-electron chi connectivity index (χ2n) is 8.20. The Morgan fingerprint density at radius 1 is 0.935 bits per heavy atom. The van der Waals surface area contributed by atoms with Gasteiger partial charge in [0.25, 0.3) is 0 Å². The van der Waals surface area contributed by atoms with Gasteiger partial charge in [0.05, 0.1) is 12.6 Å². The fourth-order valence-electron chi connectivity index (χ4n) is 4.59. The van der Waals surface area contributed by atoms with Crippen LogP contribution in [0.1, 0.15) is 26.9 Å². The third kappa shape index (κ3) is 4.46. The quantitative estimate of drug-likeness (QED) is 0.576. The van der Waals surface area contributed by atoms with Crippen molar-refractivity contribution in [2.75, 3.05) is 39.3 Å². The Balaban J connectivity index is 1.21. The van der Waals surface area contributed by atoms with Crippen molar-refractivity contribution in [2.45, 2.75) is 19.0 Å². The first kappa shape index (κ1) is 20.8. The normalized spacial score (nSPS) is 20.0. The summed E-state index contributed by atoms with van der Waals surface area (Å²) in [6.07, 6.45) is 0.942. The molecule has 4 nitrogen and oxygen atoms in total. The summed E-state index contributed by atoms with van der Waals surface area (Å²) in [4.78, 5) is 22.6. The van der Waals surface area contributed by atoms with Gasteiger partial charge in [0.2, 0.25) is 5.91 Å². The van der Waals surface area contributed by atoms with Crippen LogP contribution in [0, 0.1) is 5.82 Å². The van der Waals surface area contributed by atoms with Crippen LogP contribution in [-0.4, -0.2) is 59.9 Å². The molecule has 4 heterocycles. The maximum atomic E-state index is 13.9. The van der Waals surface area contributed by atoms with Crippen molar-refractivity contribution in [3.63, 3.8) is 0 Å². The Hall–Kier alpha value is -2.06. The highest BCUT2D eigenvalue weighted by atomic mass is 32.1. The van der Waals surface area contributed by atoms with E-state index in [1.54, 1.807) is 28.7 Å². The molecule has 0 saturated carbocycles. The van der Waals surface area contributed by atoms with Crippen molar-refractivity contribution in [2.24, 2.45) is 0 Å². The number of piperazine rings is 1. The van der Waals surface area contributed by atoms with E-state index < -0.39 is 0 Å². The van der Waals surface area contributed by atoms with Gasteiger partial charge in [-0.05, 0) is 40.9 Å². The lowest BCUT2D eigenvalue weighted by atomic mass is 9.98. The lowest BCUT2D eigenvalue weighted by molar-refractivity contribution is -0.134. The van der Waals surface area contributed by atoms with Crippen LogP contribution in [0.25, 0.3) is 0 Å². The molecular formula is C24H26FN3OS2. The Morgan fingerprint density at radius 3 is 2.52 bits per heavy atom. The lowest BCUT2D eigenvalue weighted by Crippen LogP contribution is -2.51. The number of thiophene rings is 2. The minimum Gasteiger partial charge on any atom is -0.329 e. The SMILES string of the molecule is O=C(CN1CCN(Cc2ccccc2F)CC1)N1CCc2sccc2C1c1cccs1. The van der Waals surface area contributed by atoms with E-state index in [4.69, 9.17) is 0 Å². The zero-order valence-corrected chi connectivity index (χ0v) is 19.0. The molecule has 1 fully saturated rings. The minimum absolute atomic E-state index is 0.0462. The molecule has 1 atom stereocenters. The van der Waals surface area contributed by atoms with Crippen LogP contribution in [-0.2, 0) is 17.8 Å². The van der Waals surface area contributed by atoms with Crippen LogP contribution >= 0.6 is 22.7 Å². The number of hydrogen-bond donors (Lipinski definition) is 0. The monoisotopic (exact) mass is 455 g/mol. The molecule has 162 valence electrons. The average Bonchev–Trinajstić information content (AvgIpc) is 3.48. The molecule has 2 aromatic heterocycles. The average molecular weight is 456 g/mol. The summed E-state index contributed by atoms with van der Waals surface area (Å²) in [6, 6.07) is 13.4. The number of fused-ring (bicyclic) bond motifs is 1. The van der Waals surface area contributed by atoms with Gasteiger partial charge in [0, 0.05) is 54.6 Å². The van der Waals surface area contributed by atoms with Gasteiger partial charge < -0.3 is 4.90 Å². The fourth-order valence-corrected chi connectivity index (χ4v) is 6.35. The van der Waals surface area contributed by atoms with Gasteiger partial charge in [-0.1, -0.05) is 24.3 Å². The van der Waals surface area contributed by atoms with Gasteiger partial charge >= 0.3 is 0 Å². The number of benzene rings is 1. The molecule has 0 bridgehead atoms. The molecule has 0 N–H and O–H groups in total. The van der Waals surface area contributed by atoms with Crippen molar-refractivity contribution in [3.8, 4) is 0 Å². The van der Waals surface area contributed by atoms with E-state index in [0.717, 1.165) is 44.7 Å². The molecule has 7 heteroatoms. The Bertz CT molecular complexity index is 1030. The van der Waals surface area contributed by atoms with Crippen molar-refractivity contribution in [1.82, 2.24) is 14.7 Å². The highest BCUT2D eigenvalue weighted by molar-refractivity contribution is 7.10. The minimum atomic E-state index is -0.141. The molecule has 2 aliphatic heterocycles. The van der Waals surface area contributed by atoms with E-state index in [2.05, 4.69) is 43.7 Å². The first-order valence-electron chi connectivity index (χ1n) is 10.8. The third-order valence-corrected chi connectivity index (χ3v) is 8.20. The first-order valence-corrected chi connectivity index (χ1v) is 12.5. The lowest BCUT2D eigenvalue weighted by Gasteiger charge is -2.39. The molecule has 1 unspecified atom stereocenters. The molecule has 1 aromatic carbocycles. The predicted octanol–water partition coefficient (Wildman–Crippen LogP) is 4.24. The highest BCUT2D eigenvalue weighted by Gasteiger charge is 2.34. The number of halogens is 1. The third-order valence-electron chi connectivity index (χ3n) is 6.27. The molecule has 0 radical (unpaired) electrons. The molecule has 3 aromatic rings. The van der Waals surface area contributed by atoms with Crippen LogP contribution < -0.4 is 0 Å². The number of nitrogens with zero attached hydrogens (tertiary/aromatic N) is 3. The molecule has 0 spiro atoms. The van der Waals surface area contributed by atoms with E-state index in [0.29, 0.717) is 13.1 Å². The van der Waals surface area contributed by atoms with Gasteiger partial charge in [0.15, 0.2) is 0 Å². The summed E-state index contributed by atoms with van der Waals surface area (Å²) < 4.78 is 13.9. The number of hydrogen-bond acceptors (Lipinski definition) is 5. The van der Waals surface area contributed by atoms with Crippen molar-refractivity contribution in [1.29, 1.82) is 0 Å². The van der Waals surface area contributed by atoms with Gasteiger partial charge in [-0.3, -0.25) is 14.6 Å². The molecular weight excluding hydrogens is 429 g/mol. The molecule has 5 rings (SSSR count). The predicted molar refractivity (Wildman–Crippen MR) is 124 cm³/mol. The van der Waals surface area contributed by atoms with Crippen molar-refractivity contribution < 1.29 is 9.18 Å². The van der Waals surface area contributed by atoms with E-state index in [1.807, 2.05) is 12.1 Å². The zero-order valence-electron chi connectivity index (χ0n) is 17.4. The number of amides is 1. The summed E-state index contributed by atoms with van der Waals surface area (Å²) in [6.45, 7) is 5.23. The zero-order chi connectivity index (χ0) is 21.2. The van der Waals surface area contributed by atoms with Crippen molar-refractivity contribution >= 4 is 28.6 Å². The summed E-state index contributed by atoms with van der Waals surface area (Å²) in [7, 11) is 0. The summed E-state index contributed by atoms with van der Waals surface area (Å²) in [5, 5.41) is 4.24. The standard InChI is InChI=1S/C24H26FN3OS2/c25-20-5-2-1-4-18(20)16-26-10-12-27(13-11-26)17-23(29)28-9-7-21-19(8-15-31-21)24(28)22-6-3-14-30-22/h1-6,8,14-15,24H,7,9-13,16-17H2. The summed E-state index contributed by atoms with van der Waals surface area (Å²) in [5.74, 6) is 0.0652. The first-order chi connectivity index (χ1) is 15.2. The van der Waals surface area contributed by atoms with Gasteiger partial charge in [-0.2, -0.15) is 0 Å². The fraction of sp³-hybridized carbons (Fsp3) is 0.375. The van der Waals surface area contributed by atoms with E-state index in [9.17, 15) is 9.18 Å². The summed E-state index contributed by atoms with van der Waals surface area (Å²) >= 11 is 3.53. The molecule has 31 heavy (non-hydrogen) atoms. The van der Waals surface area contributed by atoms with Crippen LogP contribution in [0.4, 0.5) is 4.39 Å². The van der Waals surface area contributed by atoms with Crippen LogP contribution in [0.15, 0.2) is 53.2 Å². The number of rotatable bonds is 5. The van der Waals surface area contributed by atoms with E-state index in [-0.39, 0.29) is 17.8 Å². The maximum absolute atomic E-state index is 13.9. The largest absolute Gasteiger partial charge is 0.329 e. The van der Waals surface area contributed by atoms with Crippen LogP contribution in [0.3, 0.4) is 0 Å². The Kier molecular flexibility index (Phi) is 6.18. The molecule has 2 aliphatic rings. The molecule has 1 amide bonds. The van der Waals surface area contributed by atoms with Crippen LogP contribution in [0.2, 0.25) is 0 Å². The van der Waals surface area contributed by atoms with Crippen LogP contribution in [0.5, 0.6) is 0 Å². The van der Waals surface area contributed by atoms with Gasteiger partial charge in [-0.25, -0.2) is 4.39 Å². The molecule has 1 saturated heterocycles. The van der Waals surface area contributed by atoms with E-state index >= 15 is 0 Å². The number of carbonyl (C=O) groups is 1.